The molecule has 0 aromatic heterocycles. The number of halogens is 2. The Balaban J connectivity index is 2.17. The van der Waals surface area contributed by atoms with Crippen LogP contribution in [-0.2, 0) is 10.0 Å². The molecule has 1 aromatic rings. The van der Waals surface area contributed by atoms with Gasteiger partial charge in [0.05, 0.1) is 9.37 Å². The van der Waals surface area contributed by atoms with Gasteiger partial charge in [-0.2, -0.15) is 0 Å². The maximum Gasteiger partial charge on any atom is 0.240 e. The molecule has 20 heavy (non-hydrogen) atoms. The van der Waals surface area contributed by atoms with Gasteiger partial charge in [-0.25, -0.2) is 17.5 Å². The Morgan fingerprint density at radius 3 is 2.65 bits per heavy atom. The molecule has 0 amide bonds. The highest BCUT2D eigenvalue weighted by Crippen LogP contribution is 2.34. The van der Waals surface area contributed by atoms with E-state index in [1.165, 1.54) is 12.1 Å². The number of nitrogens with one attached hydrogen (secondary N) is 1. The highest BCUT2D eigenvalue weighted by molar-refractivity contribution is 9.10. The van der Waals surface area contributed by atoms with Gasteiger partial charge >= 0.3 is 0 Å². The van der Waals surface area contributed by atoms with Crippen LogP contribution in [0.25, 0.3) is 0 Å². The van der Waals surface area contributed by atoms with E-state index in [1.807, 2.05) is 0 Å². The molecule has 0 aliphatic heterocycles. The molecule has 3 unspecified atom stereocenters. The van der Waals surface area contributed by atoms with Crippen molar-refractivity contribution in [3.05, 3.63) is 28.5 Å². The smallest absolute Gasteiger partial charge is 0.208 e. The van der Waals surface area contributed by atoms with Gasteiger partial charge in [-0.1, -0.05) is 20.3 Å². The maximum absolute atomic E-state index is 13.5. The van der Waals surface area contributed by atoms with Crippen molar-refractivity contribution in [3.8, 4) is 0 Å². The molecule has 0 heterocycles. The van der Waals surface area contributed by atoms with E-state index >= 15 is 0 Å². The second-order valence-corrected chi connectivity index (χ2v) is 7.98. The van der Waals surface area contributed by atoms with E-state index < -0.39 is 15.8 Å². The molecule has 112 valence electrons. The fourth-order valence-corrected chi connectivity index (χ4v) is 4.52. The molecule has 1 aliphatic carbocycles. The summed E-state index contributed by atoms with van der Waals surface area (Å²) in [6.45, 7) is 4.21. The van der Waals surface area contributed by atoms with E-state index in [9.17, 15) is 12.8 Å². The molecular formula is C14H19BrFNO2S. The van der Waals surface area contributed by atoms with Crippen LogP contribution in [0.15, 0.2) is 27.6 Å². The molecule has 6 heteroatoms. The van der Waals surface area contributed by atoms with Crippen molar-refractivity contribution in [1.82, 2.24) is 4.72 Å². The fraction of sp³-hybridized carbons (Fsp3) is 0.571. The number of hydrogen-bond acceptors (Lipinski definition) is 2. The predicted octanol–water partition coefficient (Wildman–Crippen LogP) is 3.69. The van der Waals surface area contributed by atoms with Crippen LogP contribution in [0.2, 0.25) is 0 Å². The Kier molecular flexibility index (Phi) is 4.87. The first-order valence-electron chi connectivity index (χ1n) is 6.82. The fourth-order valence-electron chi connectivity index (χ4n) is 2.90. The standard InChI is InChI=1S/C14H19BrFNO2S/c1-3-10-4-7-14(9(10)2)17-20(18,19)11-5-6-12(15)13(16)8-11/h5-6,8-10,14,17H,3-4,7H2,1-2H3. The number of sulfonamides is 1. The zero-order valence-corrected chi connectivity index (χ0v) is 14.0. The van der Waals surface area contributed by atoms with Crippen LogP contribution >= 0.6 is 15.9 Å². The monoisotopic (exact) mass is 363 g/mol. The Hall–Kier alpha value is -0.460. The zero-order valence-electron chi connectivity index (χ0n) is 11.6. The summed E-state index contributed by atoms with van der Waals surface area (Å²) in [4.78, 5) is -0.0228. The highest BCUT2D eigenvalue weighted by atomic mass is 79.9. The molecule has 0 spiro atoms. The Bertz CT molecular complexity index is 591. The molecule has 3 atom stereocenters. The van der Waals surface area contributed by atoms with Crippen LogP contribution in [0.5, 0.6) is 0 Å². The summed E-state index contributed by atoms with van der Waals surface area (Å²) in [5.41, 5.74) is 0. The third-order valence-electron chi connectivity index (χ3n) is 4.26. The van der Waals surface area contributed by atoms with Crippen LogP contribution in [0.1, 0.15) is 33.1 Å². The molecule has 0 bridgehead atoms. The largest absolute Gasteiger partial charge is 0.240 e. The van der Waals surface area contributed by atoms with Gasteiger partial charge in [0.15, 0.2) is 0 Å². The van der Waals surface area contributed by atoms with Gasteiger partial charge < -0.3 is 0 Å². The van der Waals surface area contributed by atoms with E-state index in [-0.39, 0.29) is 15.4 Å². The maximum atomic E-state index is 13.5. The van der Waals surface area contributed by atoms with Crippen LogP contribution < -0.4 is 4.72 Å². The molecule has 1 N–H and O–H groups in total. The Morgan fingerprint density at radius 2 is 2.10 bits per heavy atom. The van der Waals surface area contributed by atoms with Gasteiger partial charge in [-0.05, 0) is 58.8 Å². The summed E-state index contributed by atoms with van der Waals surface area (Å²) in [5, 5.41) is 0. The van der Waals surface area contributed by atoms with Gasteiger partial charge in [0.2, 0.25) is 10.0 Å². The SMILES string of the molecule is CCC1CCC(NS(=O)(=O)c2ccc(Br)c(F)c2)C1C. The van der Waals surface area contributed by atoms with Crippen molar-refractivity contribution in [3.63, 3.8) is 0 Å². The quantitative estimate of drug-likeness (QED) is 0.886. The minimum Gasteiger partial charge on any atom is -0.208 e. The summed E-state index contributed by atoms with van der Waals surface area (Å²) >= 11 is 3.02. The van der Waals surface area contributed by atoms with Gasteiger partial charge in [-0.3, -0.25) is 0 Å². The molecule has 0 saturated heterocycles. The number of rotatable bonds is 4. The summed E-state index contributed by atoms with van der Waals surface area (Å²) < 4.78 is 41.1. The second-order valence-electron chi connectivity index (χ2n) is 5.41. The first kappa shape index (κ1) is 15.9. The van der Waals surface area contributed by atoms with Crippen molar-refractivity contribution < 1.29 is 12.8 Å². The van der Waals surface area contributed by atoms with E-state index in [1.54, 1.807) is 0 Å². The van der Waals surface area contributed by atoms with Crippen molar-refractivity contribution in [2.45, 2.75) is 44.0 Å². The molecule has 0 radical (unpaired) electrons. The molecule has 1 aliphatic rings. The third kappa shape index (κ3) is 3.23. The number of benzene rings is 1. The van der Waals surface area contributed by atoms with Gasteiger partial charge in [0.1, 0.15) is 5.82 Å². The summed E-state index contributed by atoms with van der Waals surface area (Å²) in [6.07, 6.45) is 2.95. The molecule has 1 saturated carbocycles. The molecule has 3 nitrogen and oxygen atoms in total. The number of hydrogen-bond donors (Lipinski definition) is 1. The lowest BCUT2D eigenvalue weighted by molar-refractivity contribution is 0.368. The van der Waals surface area contributed by atoms with Gasteiger partial charge in [0.25, 0.3) is 0 Å². The summed E-state index contributed by atoms with van der Waals surface area (Å²) in [5.74, 6) is 0.304. The predicted molar refractivity (Wildman–Crippen MR) is 80.4 cm³/mol. The minimum absolute atomic E-state index is 0.0228. The first-order valence-corrected chi connectivity index (χ1v) is 9.10. The first-order chi connectivity index (χ1) is 9.35. The van der Waals surface area contributed by atoms with E-state index in [0.29, 0.717) is 11.8 Å². The van der Waals surface area contributed by atoms with Crippen LogP contribution in [0, 0.1) is 17.7 Å². The minimum atomic E-state index is -3.66. The average molecular weight is 364 g/mol. The van der Waals surface area contributed by atoms with Crippen LogP contribution in [0.3, 0.4) is 0 Å². The molecular weight excluding hydrogens is 345 g/mol. The second kappa shape index (κ2) is 6.12. The van der Waals surface area contributed by atoms with Gasteiger partial charge in [0, 0.05) is 6.04 Å². The average Bonchev–Trinajstić information content (AvgIpc) is 2.73. The summed E-state index contributed by atoms with van der Waals surface area (Å²) in [6, 6.07) is 3.81. The van der Waals surface area contributed by atoms with E-state index in [4.69, 9.17) is 0 Å². The van der Waals surface area contributed by atoms with Crippen LogP contribution in [-0.4, -0.2) is 14.5 Å². The van der Waals surface area contributed by atoms with Crippen molar-refractivity contribution in [2.75, 3.05) is 0 Å². The highest BCUT2D eigenvalue weighted by Gasteiger charge is 2.34. The van der Waals surface area contributed by atoms with Gasteiger partial charge in [-0.15, -0.1) is 0 Å². The summed E-state index contributed by atoms with van der Waals surface area (Å²) in [7, 11) is -3.66. The lowest BCUT2D eigenvalue weighted by atomic mass is 9.94. The lowest BCUT2D eigenvalue weighted by Gasteiger charge is -2.21. The Labute approximate surface area is 128 Å². The zero-order chi connectivity index (χ0) is 14.9. The Morgan fingerprint density at radius 1 is 1.40 bits per heavy atom. The molecule has 2 rings (SSSR count). The third-order valence-corrected chi connectivity index (χ3v) is 6.39. The molecule has 1 aromatic carbocycles. The van der Waals surface area contributed by atoms with E-state index in [2.05, 4.69) is 34.5 Å². The van der Waals surface area contributed by atoms with Crippen molar-refractivity contribution in [1.29, 1.82) is 0 Å². The normalized spacial score (nSPS) is 26.9. The lowest BCUT2D eigenvalue weighted by Crippen LogP contribution is -2.37. The van der Waals surface area contributed by atoms with Crippen molar-refractivity contribution in [2.24, 2.45) is 11.8 Å². The topological polar surface area (TPSA) is 46.2 Å². The van der Waals surface area contributed by atoms with Crippen molar-refractivity contribution >= 4 is 26.0 Å². The molecule has 1 fully saturated rings. The van der Waals surface area contributed by atoms with Crippen LogP contribution in [0.4, 0.5) is 4.39 Å². The van der Waals surface area contributed by atoms with E-state index in [0.717, 1.165) is 25.3 Å².